The molecule has 98 valence electrons. The molecule has 1 N–H and O–H groups in total. The van der Waals surface area contributed by atoms with E-state index in [9.17, 15) is 0 Å². The van der Waals surface area contributed by atoms with Gasteiger partial charge >= 0.3 is 0 Å². The van der Waals surface area contributed by atoms with Crippen molar-refractivity contribution in [3.63, 3.8) is 0 Å². The Morgan fingerprint density at radius 1 is 1.41 bits per heavy atom. The zero-order chi connectivity index (χ0) is 13.1. The van der Waals surface area contributed by atoms with E-state index in [1.165, 1.54) is 0 Å². The molecule has 1 rings (SSSR count). The number of aromatic nitrogens is 2. The molecule has 0 aliphatic heterocycles. The van der Waals surface area contributed by atoms with Gasteiger partial charge in [-0.15, -0.1) is 0 Å². The Balaban J connectivity index is 2.68. The van der Waals surface area contributed by atoms with Gasteiger partial charge in [0, 0.05) is 7.05 Å². The second-order valence-electron chi connectivity index (χ2n) is 5.41. The Labute approximate surface area is 110 Å². The summed E-state index contributed by atoms with van der Waals surface area (Å²) < 4.78 is 1.91. The van der Waals surface area contributed by atoms with E-state index in [0.717, 1.165) is 42.3 Å². The third kappa shape index (κ3) is 4.00. The third-order valence-electron chi connectivity index (χ3n) is 3.14. The largest absolute Gasteiger partial charge is 0.317 e. The van der Waals surface area contributed by atoms with Crippen molar-refractivity contribution in [3.05, 3.63) is 16.4 Å². The van der Waals surface area contributed by atoms with Crippen molar-refractivity contribution < 1.29 is 0 Å². The maximum absolute atomic E-state index is 6.28. The molecule has 0 aliphatic rings. The van der Waals surface area contributed by atoms with Crippen LogP contribution in [0.2, 0.25) is 5.02 Å². The highest BCUT2D eigenvalue weighted by molar-refractivity contribution is 6.31. The van der Waals surface area contributed by atoms with Gasteiger partial charge in [-0.25, -0.2) is 0 Å². The van der Waals surface area contributed by atoms with Crippen LogP contribution in [-0.4, -0.2) is 22.9 Å². The summed E-state index contributed by atoms with van der Waals surface area (Å²) >= 11 is 6.28. The Bertz CT molecular complexity index is 369. The Hall–Kier alpha value is -0.540. The summed E-state index contributed by atoms with van der Waals surface area (Å²) in [5, 5.41) is 8.55. The minimum atomic E-state index is 0.242. The summed E-state index contributed by atoms with van der Waals surface area (Å²) in [5.74, 6) is 0. The van der Waals surface area contributed by atoms with Gasteiger partial charge in [0.2, 0.25) is 0 Å². The molecule has 0 aliphatic carbocycles. The van der Waals surface area contributed by atoms with E-state index in [1.807, 2.05) is 18.7 Å². The van der Waals surface area contributed by atoms with Gasteiger partial charge in [-0.2, -0.15) is 5.10 Å². The van der Waals surface area contributed by atoms with Crippen LogP contribution in [0.25, 0.3) is 0 Å². The van der Waals surface area contributed by atoms with E-state index in [2.05, 4.69) is 31.2 Å². The fourth-order valence-electron chi connectivity index (χ4n) is 2.02. The molecule has 1 heterocycles. The molecule has 17 heavy (non-hydrogen) atoms. The Kier molecular flexibility index (Phi) is 5.02. The van der Waals surface area contributed by atoms with Crippen LogP contribution in [-0.2, 0) is 13.5 Å². The minimum absolute atomic E-state index is 0.242. The molecular formula is C13H24ClN3. The smallest absolute Gasteiger partial charge is 0.0847 e. The maximum Gasteiger partial charge on any atom is 0.0847 e. The van der Waals surface area contributed by atoms with Gasteiger partial charge in [-0.3, -0.25) is 4.68 Å². The van der Waals surface area contributed by atoms with Crippen molar-refractivity contribution in [2.24, 2.45) is 12.5 Å². The molecule has 0 unspecified atom stereocenters. The topological polar surface area (TPSA) is 29.9 Å². The lowest BCUT2D eigenvalue weighted by Crippen LogP contribution is -2.24. The summed E-state index contributed by atoms with van der Waals surface area (Å²) in [6, 6.07) is 0. The van der Waals surface area contributed by atoms with Crippen molar-refractivity contribution in [3.8, 4) is 0 Å². The molecule has 3 nitrogen and oxygen atoms in total. The van der Waals surface area contributed by atoms with Crippen molar-refractivity contribution in [2.75, 3.05) is 13.1 Å². The van der Waals surface area contributed by atoms with Crippen molar-refractivity contribution >= 4 is 11.6 Å². The first-order valence-corrected chi connectivity index (χ1v) is 6.64. The highest BCUT2D eigenvalue weighted by atomic mass is 35.5. The summed E-state index contributed by atoms with van der Waals surface area (Å²) in [5.41, 5.74) is 2.31. The van der Waals surface area contributed by atoms with Crippen LogP contribution >= 0.6 is 11.6 Å². The van der Waals surface area contributed by atoms with E-state index < -0.39 is 0 Å². The average molecular weight is 258 g/mol. The quantitative estimate of drug-likeness (QED) is 0.794. The van der Waals surface area contributed by atoms with Crippen molar-refractivity contribution in [1.29, 1.82) is 0 Å². The molecule has 0 saturated heterocycles. The summed E-state index contributed by atoms with van der Waals surface area (Å²) in [7, 11) is 1.97. The Morgan fingerprint density at radius 3 is 2.53 bits per heavy atom. The van der Waals surface area contributed by atoms with Crippen LogP contribution in [0.5, 0.6) is 0 Å². The van der Waals surface area contributed by atoms with Gasteiger partial charge in [-0.1, -0.05) is 32.4 Å². The Morgan fingerprint density at radius 2 is 2.06 bits per heavy atom. The predicted molar refractivity (Wildman–Crippen MR) is 73.6 cm³/mol. The first-order chi connectivity index (χ1) is 7.87. The van der Waals surface area contributed by atoms with Gasteiger partial charge in [0.15, 0.2) is 0 Å². The number of nitrogens with zero attached hydrogens (tertiary/aromatic N) is 2. The zero-order valence-electron chi connectivity index (χ0n) is 11.6. The molecule has 4 heteroatoms. The molecule has 1 aromatic rings. The van der Waals surface area contributed by atoms with Gasteiger partial charge in [-0.05, 0) is 38.3 Å². The summed E-state index contributed by atoms with van der Waals surface area (Å²) in [6.45, 7) is 10.7. The SMILES string of the molecule is CCNCCC(C)(C)Cc1c(Cl)c(C)nn1C. The van der Waals surface area contributed by atoms with E-state index >= 15 is 0 Å². The minimum Gasteiger partial charge on any atom is -0.317 e. The lowest BCUT2D eigenvalue weighted by molar-refractivity contribution is 0.319. The fraction of sp³-hybridized carbons (Fsp3) is 0.769. The molecule has 0 amide bonds. The van der Waals surface area contributed by atoms with Crippen LogP contribution in [0.15, 0.2) is 0 Å². The fourth-order valence-corrected chi connectivity index (χ4v) is 2.24. The first-order valence-electron chi connectivity index (χ1n) is 6.26. The van der Waals surface area contributed by atoms with Crippen LogP contribution in [0, 0.1) is 12.3 Å². The molecule has 0 saturated carbocycles. The molecule has 0 bridgehead atoms. The molecule has 0 aromatic carbocycles. The van der Waals surface area contributed by atoms with Crippen LogP contribution in [0.3, 0.4) is 0 Å². The molecular weight excluding hydrogens is 234 g/mol. The summed E-state index contributed by atoms with van der Waals surface area (Å²) in [4.78, 5) is 0. The zero-order valence-corrected chi connectivity index (χ0v) is 12.4. The molecule has 0 atom stereocenters. The molecule has 0 fully saturated rings. The van der Waals surface area contributed by atoms with E-state index in [4.69, 9.17) is 11.6 Å². The van der Waals surface area contributed by atoms with Crippen molar-refractivity contribution in [2.45, 2.75) is 40.5 Å². The number of hydrogen-bond donors (Lipinski definition) is 1. The first kappa shape index (κ1) is 14.5. The second kappa shape index (κ2) is 5.87. The lowest BCUT2D eigenvalue weighted by Gasteiger charge is -2.25. The van der Waals surface area contributed by atoms with Crippen molar-refractivity contribution in [1.82, 2.24) is 15.1 Å². The normalized spacial score (nSPS) is 12.1. The van der Waals surface area contributed by atoms with E-state index in [1.54, 1.807) is 0 Å². The third-order valence-corrected chi connectivity index (χ3v) is 3.63. The number of aryl methyl sites for hydroxylation is 2. The highest BCUT2D eigenvalue weighted by Gasteiger charge is 2.22. The standard InChI is InChI=1S/C13H24ClN3/c1-6-15-8-7-13(3,4)9-11-12(14)10(2)16-17(11)5/h15H,6-9H2,1-5H3. The lowest BCUT2D eigenvalue weighted by atomic mass is 9.84. The summed E-state index contributed by atoms with van der Waals surface area (Å²) in [6.07, 6.45) is 2.11. The van der Waals surface area contributed by atoms with Gasteiger partial charge < -0.3 is 5.32 Å². The number of nitrogens with one attached hydrogen (secondary N) is 1. The van der Waals surface area contributed by atoms with Crippen LogP contribution < -0.4 is 5.32 Å². The molecule has 0 spiro atoms. The monoisotopic (exact) mass is 257 g/mol. The van der Waals surface area contributed by atoms with Gasteiger partial charge in [0.05, 0.1) is 16.4 Å². The second-order valence-corrected chi connectivity index (χ2v) is 5.79. The van der Waals surface area contributed by atoms with Crippen LogP contribution in [0.1, 0.15) is 38.6 Å². The number of hydrogen-bond acceptors (Lipinski definition) is 2. The average Bonchev–Trinajstić information content (AvgIpc) is 2.45. The molecule has 1 aromatic heterocycles. The molecule has 0 radical (unpaired) electrons. The van der Waals surface area contributed by atoms with Crippen LogP contribution in [0.4, 0.5) is 0 Å². The predicted octanol–water partition coefficient (Wildman–Crippen LogP) is 2.95. The van der Waals surface area contributed by atoms with Gasteiger partial charge in [0.25, 0.3) is 0 Å². The highest BCUT2D eigenvalue weighted by Crippen LogP contribution is 2.30. The van der Waals surface area contributed by atoms with E-state index in [0.29, 0.717) is 0 Å². The number of rotatable bonds is 6. The van der Waals surface area contributed by atoms with E-state index in [-0.39, 0.29) is 5.41 Å². The number of halogens is 1. The van der Waals surface area contributed by atoms with Gasteiger partial charge in [0.1, 0.15) is 0 Å². The maximum atomic E-state index is 6.28.